The molecule has 0 saturated carbocycles. The highest BCUT2D eigenvalue weighted by atomic mass is 16.5. The van der Waals surface area contributed by atoms with Crippen LogP contribution in [0.1, 0.15) is 22.3 Å². The maximum atomic E-state index is 7.22. The fraction of sp³-hybridized carbons (Fsp3) is 0.0175. The fourth-order valence-electron chi connectivity index (χ4n) is 9.84. The molecule has 1 spiro atoms. The first kappa shape index (κ1) is 33.5. The SMILES string of the molecule is c1ccc(-c2ccc(N(c3ccc(-c4ccccc4)cc3)c3ccc4c(c3)C3(c5ccccc5-4)c4ccc5ccccc5c4Oc4c3ccc3ccccc43)cc2)cc1. The molecule has 59 heavy (non-hydrogen) atoms. The van der Waals surface area contributed by atoms with Crippen LogP contribution < -0.4 is 9.64 Å². The molecule has 0 atom stereocenters. The monoisotopic (exact) mass is 751 g/mol. The number of rotatable bonds is 5. The van der Waals surface area contributed by atoms with Crippen molar-refractivity contribution in [3.05, 3.63) is 247 Å². The largest absolute Gasteiger partial charge is 0.455 e. The van der Waals surface area contributed by atoms with Gasteiger partial charge in [-0.25, -0.2) is 0 Å². The summed E-state index contributed by atoms with van der Waals surface area (Å²) >= 11 is 0. The van der Waals surface area contributed by atoms with E-state index in [1.807, 2.05) is 0 Å². The first-order chi connectivity index (χ1) is 29.3. The quantitative estimate of drug-likeness (QED) is 0.174. The van der Waals surface area contributed by atoms with Gasteiger partial charge < -0.3 is 9.64 Å². The van der Waals surface area contributed by atoms with Gasteiger partial charge in [-0.15, -0.1) is 0 Å². The predicted molar refractivity (Wildman–Crippen MR) is 244 cm³/mol. The summed E-state index contributed by atoms with van der Waals surface area (Å²) in [4.78, 5) is 2.41. The third-order valence-corrected chi connectivity index (χ3v) is 12.5. The molecule has 276 valence electrons. The van der Waals surface area contributed by atoms with Crippen LogP contribution in [0, 0.1) is 0 Å². The molecular weight excluding hydrogens is 715 g/mol. The molecule has 0 saturated heterocycles. The maximum absolute atomic E-state index is 7.22. The van der Waals surface area contributed by atoms with Crippen molar-refractivity contribution in [1.82, 2.24) is 0 Å². The first-order valence-corrected chi connectivity index (χ1v) is 20.3. The van der Waals surface area contributed by atoms with Crippen LogP contribution in [0.4, 0.5) is 17.1 Å². The molecule has 0 N–H and O–H groups in total. The van der Waals surface area contributed by atoms with Crippen molar-refractivity contribution in [2.24, 2.45) is 0 Å². The van der Waals surface area contributed by atoms with Gasteiger partial charge in [-0.1, -0.05) is 188 Å². The summed E-state index contributed by atoms with van der Waals surface area (Å²) < 4.78 is 7.22. The minimum atomic E-state index is -0.640. The van der Waals surface area contributed by atoms with Crippen molar-refractivity contribution in [1.29, 1.82) is 0 Å². The molecule has 12 rings (SSSR count). The van der Waals surface area contributed by atoms with E-state index >= 15 is 0 Å². The summed E-state index contributed by atoms with van der Waals surface area (Å²) in [6, 6.07) is 81.7. The Labute approximate surface area is 343 Å². The van der Waals surface area contributed by atoms with Crippen LogP contribution in [0.3, 0.4) is 0 Å². The normalized spacial score (nSPS) is 13.0. The maximum Gasteiger partial charge on any atom is 0.140 e. The third-order valence-electron chi connectivity index (χ3n) is 12.5. The molecule has 0 bridgehead atoms. The fourth-order valence-corrected chi connectivity index (χ4v) is 9.84. The van der Waals surface area contributed by atoms with Crippen molar-refractivity contribution in [2.45, 2.75) is 5.41 Å². The van der Waals surface area contributed by atoms with Gasteiger partial charge in [-0.2, -0.15) is 0 Å². The molecule has 0 unspecified atom stereocenters. The van der Waals surface area contributed by atoms with Crippen molar-refractivity contribution in [3.63, 3.8) is 0 Å². The highest BCUT2D eigenvalue weighted by molar-refractivity contribution is 6.00. The van der Waals surface area contributed by atoms with E-state index in [-0.39, 0.29) is 0 Å². The Morgan fingerprint density at radius 1 is 0.305 bits per heavy atom. The third kappa shape index (κ3) is 5.06. The smallest absolute Gasteiger partial charge is 0.140 e. The van der Waals surface area contributed by atoms with Crippen molar-refractivity contribution < 1.29 is 4.74 Å². The minimum absolute atomic E-state index is 0.640. The second-order valence-electron chi connectivity index (χ2n) is 15.6. The van der Waals surface area contributed by atoms with E-state index in [9.17, 15) is 0 Å². The first-order valence-electron chi connectivity index (χ1n) is 20.3. The summed E-state index contributed by atoms with van der Waals surface area (Å²) in [6.07, 6.45) is 0. The summed E-state index contributed by atoms with van der Waals surface area (Å²) in [6.45, 7) is 0. The number of hydrogen-bond acceptors (Lipinski definition) is 2. The lowest BCUT2D eigenvalue weighted by Gasteiger charge is -2.40. The average Bonchev–Trinajstić information content (AvgIpc) is 3.60. The van der Waals surface area contributed by atoms with Crippen LogP contribution in [0.25, 0.3) is 54.9 Å². The van der Waals surface area contributed by atoms with Gasteiger partial charge in [0.25, 0.3) is 0 Å². The van der Waals surface area contributed by atoms with Gasteiger partial charge in [-0.05, 0) is 91.7 Å². The zero-order chi connectivity index (χ0) is 38.9. The zero-order valence-corrected chi connectivity index (χ0v) is 32.2. The molecule has 0 radical (unpaired) electrons. The van der Waals surface area contributed by atoms with Crippen LogP contribution in [-0.2, 0) is 5.41 Å². The molecule has 0 aromatic heterocycles. The lowest BCUT2D eigenvalue weighted by atomic mass is 9.65. The van der Waals surface area contributed by atoms with Crippen LogP contribution in [-0.4, -0.2) is 0 Å². The molecule has 1 heterocycles. The Hall–Kier alpha value is -7.68. The number of hydrogen-bond donors (Lipinski definition) is 0. The van der Waals surface area contributed by atoms with Crippen molar-refractivity contribution in [3.8, 4) is 44.9 Å². The van der Waals surface area contributed by atoms with E-state index < -0.39 is 5.41 Å². The zero-order valence-electron chi connectivity index (χ0n) is 32.2. The van der Waals surface area contributed by atoms with Gasteiger partial charge in [0.15, 0.2) is 0 Å². The van der Waals surface area contributed by atoms with Crippen LogP contribution >= 0.6 is 0 Å². The highest BCUT2D eigenvalue weighted by Crippen LogP contribution is 2.64. The van der Waals surface area contributed by atoms with E-state index in [0.717, 1.165) is 61.2 Å². The summed E-state index contributed by atoms with van der Waals surface area (Å²) in [7, 11) is 0. The lowest BCUT2D eigenvalue weighted by molar-refractivity contribution is 0.447. The number of fused-ring (bicyclic) bond motifs is 13. The van der Waals surface area contributed by atoms with Gasteiger partial charge in [0, 0.05) is 39.0 Å². The predicted octanol–water partition coefficient (Wildman–Crippen LogP) is 15.3. The van der Waals surface area contributed by atoms with E-state index in [4.69, 9.17) is 4.74 Å². The van der Waals surface area contributed by atoms with Gasteiger partial charge in [-0.3, -0.25) is 0 Å². The van der Waals surface area contributed by atoms with Gasteiger partial charge in [0.1, 0.15) is 11.5 Å². The van der Waals surface area contributed by atoms with Crippen molar-refractivity contribution >= 4 is 38.6 Å². The van der Waals surface area contributed by atoms with Crippen molar-refractivity contribution in [2.75, 3.05) is 4.90 Å². The molecule has 1 aliphatic carbocycles. The second-order valence-corrected chi connectivity index (χ2v) is 15.6. The Balaban J connectivity index is 1.12. The van der Waals surface area contributed by atoms with E-state index in [0.29, 0.717) is 0 Å². The topological polar surface area (TPSA) is 12.5 Å². The van der Waals surface area contributed by atoms with Crippen LogP contribution in [0.15, 0.2) is 224 Å². The summed E-state index contributed by atoms with van der Waals surface area (Å²) in [5.41, 5.74) is 14.7. The Morgan fingerprint density at radius 2 is 0.746 bits per heavy atom. The van der Waals surface area contributed by atoms with E-state index in [2.05, 4.69) is 229 Å². The Morgan fingerprint density at radius 3 is 1.31 bits per heavy atom. The highest BCUT2D eigenvalue weighted by Gasteiger charge is 2.52. The van der Waals surface area contributed by atoms with Gasteiger partial charge in [0.2, 0.25) is 0 Å². The molecule has 0 fully saturated rings. The number of nitrogens with zero attached hydrogens (tertiary/aromatic N) is 1. The Bertz CT molecular complexity index is 3050. The minimum Gasteiger partial charge on any atom is -0.455 e. The van der Waals surface area contributed by atoms with Crippen LogP contribution in [0.2, 0.25) is 0 Å². The van der Waals surface area contributed by atoms with Crippen LogP contribution in [0.5, 0.6) is 11.5 Å². The standard InChI is InChI=1S/C57H37NO/c1-3-13-38(14-4-1)40-23-29-44(30-24-40)58(45-31-25-41(26-32-45)39-15-5-2-6-16-39)46-33-34-50-49-21-11-12-22-51(49)57(54(50)37-46)52-35-27-42-17-7-9-19-47(42)55(52)59-56-48-20-10-8-18-43(48)28-36-53(56)57/h1-37H. The summed E-state index contributed by atoms with van der Waals surface area (Å²) in [5.74, 6) is 1.84. The molecule has 10 aromatic rings. The molecule has 2 aliphatic rings. The average molecular weight is 752 g/mol. The number of benzene rings is 10. The lowest BCUT2D eigenvalue weighted by Crippen LogP contribution is -2.32. The molecule has 10 aromatic carbocycles. The molecule has 1 aliphatic heterocycles. The number of anilines is 3. The molecular formula is C57H37NO. The second kappa shape index (κ2) is 13.2. The molecule has 0 amide bonds. The van der Waals surface area contributed by atoms with E-state index in [1.54, 1.807) is 0 Å². The van der Waals surface area contributed by atoms with Gasteiger partial charge >= 0.3 is 0 Å². The Kier molecular flexibility index (Phi) is 7.48. The molecule has 2 heteroatoms. The van der Waals surface area contributed by atoms with E-state index in [1.165, 1.54) is 44.5 Å². The number of ether oxygens (including phenoxy) is 1. The molecule has 2 nitrogen and oxygen atoms in total. The van der Waals surface area contributed by atoms with Gasteiger partial charge in [0.05, 0.1) is 5.41 Å². The summed E-state index contributed by atoms with van der Waals surface area (Å²) in [5, 5.41) is 4.55.